The Morgan fingerprint density at radius 2 is 1.64 bits per heavy atom. The molecule has 0 aliphatic carbocycles. The van der Waals surface area contributed by atoms with Crippen molar-refractivity contribution in [1.29, 1.82) is 0 Å². The van der Waals surface area contributed by atoms with Gasteiger partial charge in [-0.15, -0.1) is 0 Å². The van der Waals surface area contributed by atoms with Crippen LogP contribution in [0.4, 0.5) is 0 Å². The maximum atomic E-state index is 13.0. The second kappa shape index (κ2) is 8.44. The van der Waals surface area contributed by atoms with E-state index < -0.39 is 17.9 Å². The van der Waals surface area contributed by atoms with Crippen LogP contribution in [0.1, 0.15) is 30.6 Å². The lowest BCUT2D eigenvalue weighted by Crippen LogP contribution is -2.50. The molecule has 25 heavy (non-hydrogen) atoms. The fraction of sp³-hybridized carbons (Fsp3) is 0.300. The van der Waals surface area contributed by atoms with Crippen molar-refractivity contribution in [2.75, 3.05) is 7.11 Å². The van der Waals surface area contributed by atoms with Crippen molar-refractivity contribution < 1.29 is 14.3 Å². The Bertz CT molecular complexity index is 729. The van der Waals surface area contributed by atoms with E-state index in [1.807, 2.05) is 56.3 Å². The molecule has 2 aromatic rings. The normalized spacial score (nSPS) is 11.9. The van der Waals surface area contributed by atoms with E-state index >= 15 is 0 Å². The molecular weight excluding hydrogens is 316 g/mol. The molecule has 0 fully saturated rings. The number of esters is 1. The molecule has 0 saturated heterocycles. The highest BCUT2D eigenvalue weighted by molar-refractivity contribution is 6.02. The maximum absolute atomic E-state index is 13.0. The monoisotopic (exact) mass is 340 g/mol. The summed E-state index contributed by atoms with van der Waals surface area (Å²) < 4.78 is 4.82. The number of amides is 1. The Balaban J connectivity index is 2.38. The number of hydrazine groups is 1. The number of benzene rings is 2. The maximum Gasteiger partial charge on any atom is 0.330 e. The summed E-state index contributed by atoms with van der Waals surface area (Å²) in [5.74, 6) is 5.32. The minimum atomic E-state index is -0.818. The van der Waals surface area contributed by atoms with Crippen molar-refractivity contribution >= 4 is 11.9 Å². The van der Waals surface area contributed by atoms with Gasteiger partial charge in [0.1, 0.15) is 6.04 Å². The van der Waals surface area contributed by atoms with Crippen LogP contribution in [0.25, 0.3) is 11.1 Å². The molecule has 132 valence electrons. The zero-order valence-corrected chi connectivity index (χ0v) is 14.8. The zero-order valence-electron chi connectivity index (χ0n) is 14.8. The molecule has 0 aromatic heterocycles. The summed E-state index contributed by atoms with van der Waals surface area (Å²) in [6.07, 6.45) is 0.433. The number of hydrogen-bond acceptors (Lipinski definition) is 4. The first-order valence-electron chi connectivity index (χ1n) is 8.26. The highest BCUT2D eigenvalue weighted by atomic mass is 16.5. The number of ether oxygens (including phenoxy) is 1. The molecule has 1 atom stereocenters. The van der Waals surface area contributed by atoms with Crippen molar-refractivity contribution in [2.24, 2.45) is 11.8 Å². The molecular formula is C20H24N2O3. The molecule has 0 spiro atoms. The van der Waals surface area contributed by atoms with Gasteiger partial charge in [0.15, 0.2) is 0 Å². The number of hydrogen-bond donors (Lipinski definition) is 1. The first kappa shape index (κ1) is 18.7. The van der Waals surface area contributed by atoms with Gasteiger partial charge in [-0.2, -0.15) is 0 Å². The summed E-state index contributed by atoms with van der Waals surface area (Å²) in [4.78, 5) is 25.1. The van der Waals surface area contributed by atoms with Crippen LogP contribution in [0.2, 0.25) is 0 Å². The van der Waals surface area contributed by atoms with Crippen LogP contribution in [0.5, 0.6) is 0 Å². The lowest BCUT2D eigenvalue weighted by atomic mass is 9.98. The van der Waals surface area contributed by atoms with Crippen LogP contribution < -0.4 is 5.84 Å². The first-order valence-corrected chi connectivity index (χ1v) is 8.26. The van der Waals surface area contributed by atoms with Crippen molar-refractivity contribution in [3.63, 3.8) is 0 Å². The van der Waals surface area contributed by atoms with E-state index in [4.69, 9.17) is 10.6 Å². The van der Waals surface area contributed by atoms with Crippen LogP contribution in [0, 0.1) is 5.92 Å². The highest BCUT2D eigenvalue weighted by Crippen LogP contribution is 2.25. The topological polar surface area (TPSA) is 72.6 Å². The van der Waals surface area contributed by atoms with Gasteiger partial charge in [0.25, 0.3) is 5.91 Å². The number of nitrogens with two attached hydrogens (primary N) is 1. The van der Waals surface area contributed by atoms with Gasteiger partial charge < -0.3 is 4.74 Å². The standard InChI is InChI=1S/C20H24N2O3/c1-14(2)13-18(20(24)25-3)22(21)19(23)17-12-8-7-11-16(17)15-9-5-4-6-10-15/h4-12,14,18H,13,21H2,1-3H3/t18-/m0/s1. The Morgan fingerprint density at radius 3 is 2.24 bits per heavy atom. The lowest BCUT2D eigenvalue weighted by Gasteiger charge is -2.27. The minimum absolute atomic E-state index is 0.187. The predicted molar refractivity (Wildman–Crippen MR) is 97.5 cm³/mol. The number of nitrogens with zero attached hydrogens (tertiary/aromatic N) is 1. The van der Waals surface area contributed by atoms with Crippen molar-refractivity contribution in [3.8, 4) is 11.1 Å². The van der Waals surface area contributed by atoms with E-state index in [0.717, 1.165) is 16.1 Å². The van der Waals surface area contributed by atoms with Gasteiger partial charge in [-0.05, 0) is 29.5 Å². The van der Waals surface area contributed by atoms with Crippen LogP contribution in [-0.2, 0) is 9.53 Å². The molecule has 5 nitrogen and oxygen atoms in total. The molecule has 0 saturated carbocycles. The smallest absolute Gasteiger partial charge is 0.330 e. The average Bonchev–Trinajstić information content (AvgIpc) is 2.65. The number of rotatable bonds is 6. The summed E-state index contributed by atoms with van der Waals surface area (Å²) in [5, 5.41) is 0.994. The van der Waals surface area contributed by atoms with Gasteiger partial charge in [-0.3, -0.25) is 9.80 Å². The highest BCUT2D eigenvalue weighted by Gasteiger charge is 2.31. The van der Waals surface area contributed by atoms with Crippen molar-refractivity contribution in [3.05, 3.63) is 60.2 Å². The van der Waals surface area contributed by atoms with Gasteiger partial charge in [0.2, 0.25) is 0 Å². The third-order valence-corrected chi connectivity index (χ3v) is 3.98. The Morgan fingerprint density at radius 1 is 1.04 bits per heavy atom. The van der Waals surface area contributed by atoms with Crippen LogP contribution in [-0.4, -0.2) is 30.0 Å². The molecule has 0 aliphatic rings. The van der Waals surface area contributed by atoms with Crippen molar-refractivity contribution in [2.45, 2.75) is 26.3 Å². The summed E-state index contributed by atoms with van der Waals surface area (Å²) in [6.45, 7) is 3.93. The predicted octanol–water partition coefficient (Wildman–Crippen LogP) is 3.26. The van der Waals surface area contributed by atoms with Crippen molar-refractivity contribution in [1.82, 2.24) is 5.01 Å². The van der Waals surface area contributed by atoms with Crippen LogP contribution in [0.15, 0.2) is 54.6 Å². The van der Waals surface area contributed by atoms with E-state index in [1.165, 1.54) is 7.11 Å². The molecule has 0 bridgehead atoms. The average molecular weight is 340 g/mol. The number of carbonyl (C=O) groups is 2. The van der Waals surface area contributed by atoms with E-state index in [0.29, 0.717) is 12.0 Å². The fourth-order valence-corrected chi connectivity index (χ4v) is 2.73. The molecule has 1 amide bonds. The van der Waals surface area contributed by atoms with Crippen LogP contribution >= 0.6 is 0 Å². The molecule has 0 heterocycles. The molecule has 0 radical (unpaired) electrons. The lowest BCUT2D eigenvalue weighted by molar-refractivity contribution is -0.146. The minimum Gasteiger partial charge on any atom is -0.467 e. The third-order valence-electron chi connectivity index (χ3n) is 3.98. The zero-order chi connectivity index (χ0) is 18.4. The second-order valence-electron chi connectivity index (χ2n) is 6.29. The first-order chi connectivity index (χ1) is 12.0. The fourth-order valence-electron chi connectivity index (χ4n) is 2.73. The van der Waals surface area contributed by atoms with Gasteiger partial charge >= 0.3 is 5.97 Å². The van der Waals surface area contributed by atoms with E-state index in [1.54, 1.807) is 12.1 Å². The molecule has 2 aromatic carbocycles. The summed E-state index contributed by atoms with van der Waals surface area (Å²) >= 11 is 0. The largest absolute Gasteiger partial charge is 0.467 e. The van der Waals surface area contributed by atoms with E-state index in [-0.39, 0.29) is 5.92 Å². The summed E-state index contributed by atoms with van der Waals surface area (Å²) in [6, 6.07) is 16.0. The summed E-state index contributed by atoms with van der Waals surface area (Å²) in [7, 11) is 1.30. The SMILES string of the molecule is COC(=O)[C@H](CC(C)C)N(N)C(=O)c1ccccc1-c1ccccc1. The molecule has 2 N–H and O–H groups in total. The van der Waals surface area contributed by atoms with Gasteiger partial charge in [0, 0.05) is 5.56 Å². The quantitative estimate of drug-likeness (QED) is 0.379. The number of carbonyl (C=O) groups excluding carboxylic acids is 2. The Hall–Kier alpha value is -2.66. The van der Waals surface area contributed by atoms with E-state index in [9.17, 15) is 9.59 Å². The van der Waals surface area contributed by atoms with Gasteiger partial charge in [-0.25, -0.2) is 10.6 Å². The Labute approximate surface area is 148 Å². The Kier molecular flexibility index (Phi) is 6.31. The second-order valence-corrected chi connectivity index (χ2v) is 6.29. The molecule has 2 rings (SSSR count). The van der Waals surface area contributed by atoms with Gasteiger partial charge in [-0.1, -0.05) is 62.4 Å². The molecule has 0 aliphatic heterocycles. The number of methoxy groups -OCH3 is 1. The van der Waals surface area contributed by atoms with E-state index in [2.05, 4.69) is 0 Å². The van der Waals surface area contributed by atoms with Gasteiger partial charge in [0.05, 0.1) is 7.11 Å². The molecule has 0 unspecified atom stereocenters. The van der Waals surface area contributed by atoms with Crippen LogP contribution in [0.3, 0.4) is 0 Å². The third kappa shape index (κ3) is 4.45. The molecule has 5 heteroatoms. The summed E-state index contributed by atoms with van der Waals surface area (Å²) in [5.41, 5.74) is 2.14.